The van der Waals surface area contributed by atoms with E-state index < -0.39 is 6.04 Å². The van der Waals surface area contributed by atoms with E-state index >= 15 is 0 Å². The molecule has 2 N–H and O–H groups in total. The quantitative estimate of drug-likeness (QED) is 0.862. The number of carbonyl (C=O) groups is 1. The smallest absolute Gasteiger partial charge is 0.241 e. The van der Waals surface area contributed by atoms with Crippen LogP contribution in [0.5, 0.6) is 5.75 Å². The first kappa shape index (κ1) is 18.7. The highest BCUT2D eigenvalue weighted by Crippen LogP contribution is 2.19. The number of carbonyl (C=O) groups excluding carboxylic acids is 1. The molecule has 0 aliphatic heterocycles. The Kier molecular flexibility index (Phi) is 8.22. The van der Waals surface area contributed by atoms with Gasteiger partial charge in [0, 0.05) is 20.7 Å². The maximum Gasteiger partial charge on any atom is 0.241 e. The number of benzene rings is 1. The van der Waals surface area contributed by atoms with Crippen molar-refractivity contribution in [3.8, 4) is 5.75 Å². The average Bonchev–Trinajstić information content (AvgIpc) is 2.38. The molecule has 1 amide bonds. The predicted molar refractivity (Wildman–Crippen MR) is 81.3 cm³/mol. The first-order valence-electron chi connectivity index (χ1n) is 6.12. The fourth-order valence-corrected chi connectivity index (χ4v) is 1.92. The third-order valence-corrected chi connectivity index (χ3v) is 2.92. The van der Waals surface area contributed by atoms with Gasteiger partial charge in [0.05, 0.1) is 13.7 Å². The summed E-state index contributed by atoms with van der Waals surface area (Å²) >= 11 is 0. The predicted octanol–water partition coefficient (Wildman–Crippen LogP) is 1.36. The number of nitrogens with two attached hydrogens (primary N) is 1. The average molecular weight is 303 g/mol. The van der Waals surface area contributed by atoms with Crippen LogP contribution in [0.2, 0.25) is 0 Å². The summed E-state index contributed by atoms with van der Waals surface area (Å²) in [5.41, 5.74) is 7.81. The summed E-state index contributed by atoms with van der Waals surface area (Å²) in [6.45, 7) is 2.71. The van der Waals surface area contributed by atoms with E-state index in [4.69, 9.17) is 15.2 Å². The molecule has 1 aromatic carbocycles. The first-order chi connectivity index (χ1) is 8.99. The monoisotopic (exact) mass is 302 g/mol. The fraction of sp³-hybridized carbons (Fsp3) is 0.500. The molecule has 0 radical (unpaired) electrons. The van der Waals surface area contributed by atoms with Gasteiger partial charge in [-0.15, -0.1) is 12.4 Å². The lowest BCUT2D eigenvalue weighted by molar-refractivity contribution is -0.132. The SMILES string of the molecule is COCC(N)C(=O)N(C)Cc1ccc(OC)c(C)c1.Cl. The van der Waals surface area contributed by atoms with Crippen molar-refractivity contribution in [1.29, 1.82) is 0 Å². The number of hydrogen-bond acceptors (Lipinski definition) is 4. The summed E-state index contributed by atoms with van der Waals surface area (Å²) in [6, 6.07) is 5.23. The molecule has 0 aliphatic rings. The van der Waals surface area contributed by atoms with Crippen LogP contribution < -0.4 is 10.5 Å². The number of aryl methyl sites for hydroxylation is 1. The molecule has 6 heteroatoms. The highest BCUT2D eigenvalue weighted by Gasteiger charge is 2.18. The molecule has 0 aliphatic carbocycles. The zero-order chi connectivity index (χ0) is 14.4. The third-order valence-electron chi connectivity index (χ3n) is 2.92. The van der Waals surface area contributed by atoms with Crippen LogP contribution in [0.3, 0.4) is 0 Å². The van der Waals surface area contributed by atoms with Crippen LogP contribution in [-0.2, 0) is 16.1 Å². The highest BCUT2D eigenvalue weighted by atomic mass is 35.5. The summed E-state index contributed by atoms with van der Waals surface area (Å²) in [4.78, 5) is 13.5. The van der Waals surface area contributed by atoms with E-state index in [1.54, 1.807) is 19.1 Å². The van der Waals surface area contributed by atoms with Crippen LogP contribution in [0.1, 0.15) is 11.1 Å². The van der Waals surface area contributed by atoms with Crippen molar-refractivity contribution in [2.24, 2.45) is 5.73 Å². The Morgan fingerprint density at radius 1 is 1.40 bits per heavy atom. The zero-order valence-corrected chi connectivity index (χ0v) is 13.2. The second-order valence-corrected chi connectivity index (χ2v) is 4.56. The lowest BCUT2D eigenvalue weighted by atomic mass is 10.1. The van der Waals surface area contributed by atoms with Gasteiger partial charge in [0.25, 0.3) is 0 Å². The summed E-state index contributed by atoms with van der Waals surface area (Å²) in [5, 5.41) is 0. The van der Waals surface area contributed by atoms with Gasteiger partial charge in [0.1, 0.15) is 11.8 Å². The fourth-order valence-electron chi connectivity index (χ4n) is 1.92. The molecule has 0 spiro atoms. The molecule has 114 valence electrons. The van der Waals surface area contributed by atoms with E-state index in [0.717, 1.165) is 16.9 Å². The molecule has 20 heavy (non-hydrogen) atoms. The van der Waals surface area contributed by atoms with Crippen LogP contribution in [-0.4, -0.2) is 44.7 Å². The van der Waals surface area contributed by atoms with Gasteiger partial charge in [-0.2, -0.15) is 0 Å². The van der Waals surface area contributed by atoms with Gasteiger partial charge in [-0.3, -0.25) is 4.79 Å². The van der Waals surface area contributed by atoms with Crippen molar-refractivity contribution in [2.75, 3.05) is 27.9 Å². The summed E-state index contributed by atoms with van der Waals surface area (Å²) in [5.74, 6) is 0.712. The van der Waals surface area contributed by atoms with Gasteiger partial charge in [-0.25, -0.2) is 0 Å². The Morgan fingerprint density at radius 2 is 2.05 bits per heavy atom. The Bertz CT molecular complexity index is 440. The van der Waals surface area contributed by atoms with Gasteiger partial charge in [0.2, 0.25) is 5.91 Å². The van der Waals surface area contributed by atoms with Gasteiger partial charge in [-0.1, -0.05) is 12.1 Å². The van der Waals surface area contributed by atoms with E-state index in [-0.39, 0.29) is 24.9 Å². The molecule has 5 nitrogen and oxygen atoms in total. The van der Waals surface area contributed by atoms with Crippen molar-refractivity contribution >= 4 is 18.3 Å². The second-order valence-electron chi connectivity index (χ2n) is 4.56. The number of ether oxygens (including phenoxy) is 2. The molecule has 1 unspecified atom stereocenters. The Morgan fingerprint density at radius 3 is 2.55 bits per heavy atom. The number of hydrogen-bond donors (Lipinski definition) is 1. The Balaban J connectivity index is 0.00000361. The van der Waals surface area contributed by atoms with Crippen LogP contribution in [0.4, 0.5) is 0 Å². The first-order valence-corrected chi connectivity index (χ1v) is 6.12. The molecule has 0 heterocycles. The molecule has 1 aromatic rings. The summed E-state index contributed by atoms with van der Waals surface area (Å²) < 4.78 is 10.1. The topological polar surface area (TPSA) is 64.8 Å². The van der Waals surface area contributed by atoms with Crippen LogP contribution in [0.25, 0.3) is 0 Å². The maximum atomic E-state index is 11.9. The Labute approximate surface area is 126 Å². The number of halogens is 1. The molecule has 0 saturated carbocycles. The minimum atomic E-state index is -0.616. The lowest BCUT2D eigenvalue weighted by Gasteiger charge is -2.21. The van der Waals surface area contributed by atoms with E-state index in [0.29, 0.717) is 6.54 Å². The normalized spacial score (nSPS) is 11.4. The van der Waals surface area contributed by atoms with E-state index in [2.05, 4.69) is 0 Å². The van der Waals surface area contributed by atoms with Gasteiger partial charge >= 0.3 is 0 Å². The Hall–Kier alpha value is -1.30. The molecule has 1 atom stereocenters. The van der Waals surface area contributed by atoms with Crippen molar-refractivity contribution in [3.63, 3.8) is 0 Å². The standard InChI is InChI=1S/C14H22N2O3.ClH/c1-10-7-11(5-6-13(10)19-4)8-16(2)14(17)12(15)9-18-3;/h5-7,12H,8-9,15H2,1-4H3;1H. The van der Waals surface area contributed by atoms with Crippen LogP contribution >= 0.6 is 12.4 Å². The van der Waals surface area contributed by atoms with Gasteiger partial charge in [0.15, 0.2) is 0 Å². The van der Waals surface area contributed by atoms with Crippen LogP contribution in [0.15, 0.2) is 18.2 Å². The van der Waals surface area contributed by atoms with Crippen molar-refractivity contribution in [1.82, 2.24) is 4.90 Å². The number of nitrogens with zero attached hydrogens (tertiary/aromatic N) is 1. The molecular weight excluding hydrogens is 280 g/mol. The molecule has 0 fully saturated rings. The number of rotatable bonds is 6. The summed E-state index contributed by atoms with van der Waals surface area (Å²) in [6.07, 6.45) is 0. The minimum Gasteiger partial charge on any atom is -0.496 e. The molecule has 0 aromatic heterocycles. The van der Waals surface area contributed by atoms with Crippen LogP contribution in [0, 0.1) is 6.92 Å². The lowest BCUT2D eigenvalue weighted by Crippen LogP contribution is -2.44. The van der Waals surface area contributed by atoms with Gasteiger partial charge in [-0.05, 0) is 24.1 Å². The van der Waals surface area contributed by atoms with E-state index in [1.165, 1.54) is 7.11 Å². The number of likely N-dealkylation sites (N-methyl/N-ethyl adjacent to an activating group) is 1. The molecule has 0 bridgehead atoms. The molecular formula is C14H23ClN2O3. The highest BCUT2D eigenvalue weighted by molar-refractivity contribution is 5.85. The second kappa shape index (κ2) is 8.79. The molecule has 1 rings (SSSR count). The summed E-state index contributed by atoms with van der Waals surface area (Å²) in [7, 11) is 4.90. The number of methoxy groups -OCH3 is 2. The zero-order valence-electron chi connectivity index (χ0n) is 12.4. The largest absolute Gasteiger partial charge is 0.496 e. The van der Waals surface area contributed by atoms with E-state index in [9.17, 15) is 4.79 Å². The van der Waals surface area contributed by atoms with Crippen molar-refractivity contribution in [3.05, 3.63) is 29.3 Å². The van der Waals surface area contributed by atoms with Gasteiger partial charge < -0.3 is 20.1 Å². The van der Waals surface area contributed by atoms with E-state index in [1.807, 2.05) is 25.1 Å². The third kappa shape index (κ3) is 5.00. The molecule has 0 saturated heterocycles. The maximum absolute atomic E-state index is 11.9. The minimum absolute atomic E-state index is 0. The van der Waals surface area contributed by atoms with Crippen molar-refractivity contribution < 1.29 is 14.3 Å². The van der Waals surface area contributed by atoms with Crippen molar-refractivity contribution in [2.45, 2.75) is 19.5 Å². The number of amides is 1.